The van der Waals surface area contributed by atoms with Crippen LogP contribution >= 0.6 is 0 Å². The first kappa shape index (κ1) is 23.0. The number of ether oxygens (including phenoxy) is 3. The summed E-state index contributed by atoms with van der Waals surface area (Å²) >= 11 is 0. The molecule has 0 amide bonds. The van der Waals surface area contributed by atoms with E-state index in [9.17, 15) is 0 Å². The minimum atomic E-state index is -1.77. The zero-order valence-corrected chi connectivity index (χ0v) is 17.0. The van der Waals surface area contributed by atoms with Gasteiger partial charge in [-0.15, -0.1) is 0 Å². The second-order valence-electron chi connectivity index (χ2n) is 6.73. The molecule has 0 aliphatic carbocycles. The van der Waals surface area contributed by atoms with Gasteiger partial charge in [-0.1, -0.05) is 41.5 Å². The molecule has 0 aliphatic heterocycles. The topological polar surface area (TPSA) is 57.2 Å². The van der Waals surface area contributed by atoms with Crippen LogP contribution in [0.3, 0.4) is 0 Å². The molecule has 0 rings (SSSR count). The molecule has 0 radical (unpaired) electrons. The van der Waals surface area contributed by atoms with Gasteiger partial charge in [-0.2, -0.15) is 0 Å². The Labute approximate surface area is 143 Å². The highest BCUT2D eigenvalue weighted by atomic mass is 28.4. The predicted molar refractivity (Wildman–Crippen MR) is 96.5 cm³/mol. The maximum absolute atomic E-state index is 8.55. The van der Waals surface area contributed by atoms with Crippen LogP contribution in [-0.2, 0) is 18.6 Å². The maximum atomic E-state index is 8.55. The van der Waals surface area contributed by atoms with Gasteiger partial charge in [0.25, 0.3) is 0 Å². The van der Waals surface area contributed by atoms with Crippen LogP contribution in [0.25, 0.3) is 0 Å². The van der Waals surface area contributed by atoms with E-state index in [1.54, 1.807) is 0 Å². The lowest BCUT2D eigenvalue weighted by Crippen LogP contribution is -2.48. The SMILES string of the molecule is CC(C)[Si](OCCOCCOCCOCCO)(C(C)C)C(C)C. The molecular weight excluding hydrogens is 312 g/mol. The Bertz CT molecular complexity index is 250. The number of aliphatic hydroxyl groups excluding tert-OH is 1. The average Bonchev–Trinajstić information content (AvgIpc) is 2.47. The Kier molecular flexibility index (Phi) is 13.3. The van der Waals surface area contributed by atoms with Gasteiger partial charge in [-0.05, 0) is 16.6 Å². The summed E-state index contributed by atoms with van der Waals surface area (Å²) in [6, 6.07) is 0. The van der Waals surface area contributed by atoms with Crippen molar-refractivity contribution in [3.63, 3.8) is 0 Å². The van der Waals surface area contributed by atoms with Gasteiger partial charge in [-0.3, -0.25) is 0 Å². The quantitative estimate of drug-likeness (QED) is 0.363. The molecule has 0 heterocycles. The second-order valence-corrected chi connectivity index (χ2v) is 12.2. The molecule has 0 aromatic carbocycles. The maximum Gasteiger partial charge on any atom is 0.200 e. The lowest BCUT2D eigenvalue weighted by atomic mass is 10.5. The Morgan fingerprint density at radius 2 is 0.957 bits per heavy atom. The van der Waals surface area contributed by atoms with Crippen LogP contribution in [0.2, 0.25) is 16.6 Å². The molecule has 0 aromatic rings. The van der Waals surface area contributed by atoms with Crippen molar-refractivity contribution in [1.82, 2.24) is 0 Å². The van der Waals surface area contributed by atoms with Crippen molar-refractivity contribution in [2.24, 2.45) is 0 Å². The van der Waals surface area contributed by atoms with Gasteiger partial charge in [0.1, 0.15) is 0 Å². The third kappa shape index (κ3) is 8.61. The molecule has 140 valence electrons. The van der Waals surface area contributed by atoms with E-state index >= 15 is 0 Å². The molecule has 0 aliphatic rings. The Hall–Kier alpha value is 0.0169. The lowest BCUT2D eigenvalue weighted by Gasteiger charge is -2.42. The van der Waals surface area contributed by atoms with E-state index < -0.39 is 8.32 Å². The second kappa shape index (κ2) is 13.3. The van der Waals surface area contributed by atoms with Gasteiger partial charge >= 0.3 is 0 Å². The highest BCUT2D eigenvalue weighted by Crippen LogP contribution is 2.42. The summed E-state index contributed by atoms with van der Waals surface area (Å²) in [6.07, 6.45) is 0. The van der Waals surface area contributed by atoms with Crippen molar-refractivity contribution >= 4 is 8.32 Å². The van der Waals surface area contributed by atoms with Crippen molar-refractivity contribution in [3.8, 4) is 0 Å². The molecule has 23 heavy (non-hydrogen) atoms. The van der Waals surface area contributed by atoms with Crippen LogP contribution in [0.4, 0.5) is 0 Å². The fourth-order valence-electron chi connectivity index (χ4n) is 3.38. The summed E-state index contributed by atoms with van der Waals surface area (Å²) < 4.78 is 22.5. The van der Waals surface area contributed by atoms with Gasteiger partial charge in [0.2, 0.25) is 0 Å². The third-order valence-electron chi connectivity index (χ3n) is 4.27. The third-order valence-corrected chi connectivity index (χ3v) is 10.4. The molecule has 0 atom stereocenters. The molecule has 0 fully saturated rings. The molecule has 0 unspecified atom stereocenters. The summed E-state index contributed by atoms with van der Waals surface area (Å²) in [5, 5.41) is 8.55. The highest BCUT2D eigenvalue weighted by Gasteiger charge is 2.44. The normalized spacial score (nSPS) is 12.8. The Morgan fingerprint density at radius 3 is 1.30 bits per heavy atom. The fraction of sp³-hybridized carbons (Fsp3) is 1.00. The number of rotatable bonds is 15. The molecule has 0 bridgehead atoms. The van der Waals surface area contributed by atoms with Crippen LogP contribution in [0.1, 0.15) is 41.5 Å². The van der Waals surface area contributed by atoms with Crippen molar-refractivity contribution < 1.29 is 23.7 Å². The molecular formula is C17H38O5Si. The molecule has 5 nitrogen and oxygen atoms in total. The summed E-state index contributed by atoms with van der Waals surface area (Å²) in [6.45, 7) is 17.6. The molecule has 1 N–H and O–H groups in total. The van der Waals surface area contributed by atoms with Crippen LogP contribution in [-0.4, -0.2) is 66.3 Å². The molecule has 0 spiro atoms. The standard InChI is InChI=1S/C17H38O5Si/c1-15(2)23(16(3)4,17(5)6)22-14-13-21-12-11-20-10-9-19-8-7-18/h15-18H,7-14H2,1-6H3. The van der Waals surface area contributed by atoms with Gasteiger partial charge in [0, 0.05) is 0 Å². The van der Waals surface area contributed by atoms with Crippen molar-refractivity contribution in [3.05, 3.63) is 0 Å². The summed E-state index contributed by atoms with van der Waals surface area (Å²) in [4.78, 5) is 0. The van der Waals surface area contributed by atoms with Crippen LogP contribution < -0.4 is 0 Å². The summed E-state index contributed by atoms with van der Waals surface area (Å²) in [5.41, 5.74) is 1.80. The zero-order chi connectivity index (χ0) is 17.7. The van der Waals surface area contributed by atoms with E-state index in [0.717, 1.165) is 0 Å². The largest absolute Gasteiger partial charge is 0.414 e. The number of hydrogen-bond donors (Lipinski definition) is 1. The van der Waals surface area contributed by atoms with E-state index in [2.05, 4.69) is 41.5 Å². The van der Waals surface area contributed by atoms with E-state index in [0.29, 0.717) is 62.9 Å². The van der Waals surface area contributed by atoms with E-state index in [1.165, 1.54) is 0 Å². The van der Waals surface area contributed by atoms with Gasteiger partial charge in [0.05, 0.1) is 52.9 Å². The minimum Gasteiger partial charge on any atom is -0.414 e. The van der Waals surface area contributed by atoms with Gasteiger partial charge in [-0.25, -0.2) is 0 Å². The average molecular weight is 351 g/mol. The monoisotopic (exact) mass is 350 g/mol. The van der Waals surface area contributed by atoms with Crippen molar-refractivity contribution in [2.45, 2.75) is 58.2 Å². The first-order valence-electron chi connectivity index (χ1n) is 8.87. The number of hydrogen-bond acceptors (Lipinski definition) is 5. The van der Waals surface area contributed by atoms with Crippen LogP contribution in [0, 0.1) is 0 Å². The summed E-state index contributed by atoms with van der Waals surface area (Å²) in [7, 11) is -1.77. The first-order chi connectivity index (χ1) is 10.9. The Morgan fingerprint density at radius 1 is 0.609 bits per heavy atom. The number of aliphatic hydroxyl groups is 1. The fourth-order valence-corrected chi connectivity index (χ4v) is 8.82. The van der Waals surface area contributed by atoms with Gasteiger partial charge < -0.3 is 23.7 Å². The molecule has 0 aromatic heterocycles. The van der Waals surface area contributed by atoms with Crippen molar-refractivity contribution in [2.75, 3.05) is 52.9 Å². The molecule has 6 heteroatoms. The van der Waals surface area contributed by atoms with Crippen molar-refractivity contribution in [1.29, 1.82) is 0 Å². The van der Waals surface area contributed by atoms with E-state index in [1.807, 2.05) is 0 Å². The zero-order valence-electron chi connectivity index (χ0n) is 16.0. The molecule has 0 saturated heterocycles. The summed E-state index contributed by atoms with van der Waals surface area (Å²) in [5.74, 6) is 0. The van der Waals surface area contributed by atoms with Crippen LogP contribution in [0.15, 0.2) is 0 Å². The van der Waals surface area contributed by atoms with Gasteiger partial charge in [0.15, 0.2) is 8.32 Å². The highest BCUT2D eigenvalue weighted by molar-refractivity contribution is 6.77. The minimum absolute atomic E-state index is 0.0526. The van der Waals surface area contributed by atoms with E-state index in [-0.39, 0.29) is 6.61 Å². The van der Waals surface area contributed by atoms with Crippen LogP contribution in [0.5, 0.6) is 0 Å². The molecule has 0 saturated carbocycles. The van der Waals surface area contributed by atoms with E-state index in [4.69, 9.17) is 23.7 Å². The smallest absolute Gasteiger partial charge is 0.200 e. The predicted octanol–water partition coefficient (Wildman–Crippen LogP) is 3.22. The lowest BCUT2D eigenvalue weighted by molar-refractivity contribution is 0.00277. The Balaban J connectivity index is 3.80. The first-order valence-corrected chi connectivity index (χ1v) is 11.0.